The molecule has 0 amide bonds. The summed E-state index contributed by atoms with van der Waals surface area (Å²) in [6, 6.07) is 0.705. The summed E-state index contributed by atoms with van der Waals surface area (Å²) in [6.45, 7) is 7.38. The first-order valence-electron chi connectivity index (χ1n) is 7.28. The van der Waals surface area contributed by atoms with E-state index in [-0.39, 0.29) is 12.0 Å². The van der Waals surface area contributed by atoms with Gasteiger partial charge in [0.2, 0.25) is 0 Å². The Bertz CT molecular complexity index is 250. The molecule has 0 aromatic rings. The zero-order valence-electron chi connectivity index (χ0n) is 12.0. The van der Waals surface area contributed by atoms with E-state index in [4.69, 9.17) is 10.5 Å². The van der Waals surface area contributed by atoms with Crippen molar-refractivity contribution in [2.75, 3.05) is 13.2 Å². The maximum absolute atomic E-state index is 11.9. The largest absolute Gasteiger partial charge is 0.465 e. The van der Waals surface area contributed by atoms with Crippen LogP contribution >= 0.6 is 0 Å². The highest BCUT2D eigenvalue weighted by Crippen LogP contribution is 2.24. The van der Waals surface area contributed by atoms with Crippen molar-refractivity contribution >= 4 is 5.97 Å². The minimum absolute atomic E-state index is 0.0965. The fraction of sp³-hybridized carbons (Fsp3) is 0.929. The number of ether oxygens (including phenoxy) is 1. The Morgan fingerprint density at radius 3 is 2.44 bits per heavy atom. The quantitative estimate of drug-likeness (QED) is 0.738. The second kappa shape index (κ2) is 7.74. The second-order valence-corrected chi connectivity index (χ2v) is 5.23. The fourth-order valence-electron chi connectivity index (χ4n) is 2.78. The van der Waals surface area contributed by atoms with Gasteiger partial charge in [-0.1, -0.05) is 6.92 Å². The molecule has 4 nitrogen and oxygen atoms in total. The monoisotopic (exact) mass is 256 g/mol. The van der Waals surface area contributed by atoms with Crippen molar-refractivity contribution in [1.29, 1.82) is 0 Å². The van der Waals surface area contributed by atoms with E-state index < -0.39 is 0 Å². The molecule has 0 saturated heterocycles. The van der Waals surface area contributed by atoms with E-state index in [1.807, 2.05) is 13.8 Å². The van der Waals surface area contributed by atoms with Gasteiger partial charge in [0, 0.05) is 12.1 Å². The van der Waals surface area contributed by atoms with Gasteiger partial charge in [0.05, 0.1) is 6.61 Å². The minimum Gasteiger partial charge on any atom is -0.465 e. The Balaban J connectivity index is 2.60. The van der Waals surface area contributed by atoms with Crippen LogP contribution in [0.2, 0.25) is 0 Å². The molecule has 0 aromatic heterocycles. The van der Waals surface area contributed by atoms with E-state index in [0.29, 0.717) is 18.7 Å². The van der Waals surface area contributed by atoms with Gasteiger partial charge >= 0.3 is 5.97 Å². The van der Waals surface area contributed by atoms with Crippen LogP contribution in [0.3, 0.4) is 0 Å². The molecule has 0 heterocycles. The van der Waals surface area contributed by atoms with Crippen LogP contribution < -0.4 is 5.73 Å². The van der Waals surface area contributed by atoms with Crippen molar-refractivity contribution in [3.05, 3.63) is 0 Å². The van der Waals surface area contributed by atoms with Crippen molar-refractivity contribution < 1.29 is 9.53 Å². The number of esters is 1. The molecule has 1 aliphatic rings. The summed E-state index contributed by atoms with van der Waals surface area (Å²) < 4.78 is 5.14. The lowest BCUT2D eigenvalue weighted by molar-refractivity contribution is -0.150. The number of hydrogen-bond acceptors (Lipinski definition) is 4. The third-order valence-electron chi connectivity index (χ3n) is 3.82. The molecule has 1 atom stereocenters. The molecule has 106 valence electrons. The Morgan fingerprint density at radius 1 is 1.33 bits per heavy atom. The van der Waals surface area contributed by atoms with Crippen molar-refractivity contribution in [3.63, 3.8) is 0 Å². The lowest BCUT2D eigenvalue weighted by Crippen LogP contribution is -2.49. The Labute approximate surface area is 111 Å². The normalized spacial score (nSPS) is 26.1. The van der Waals surface area contributed by atoms with Gasteiger partial charge in [0.15, 0.2) is 0 Å². The summed E-state index contributed by atoms with van der Waals surface area (Å²) in [6.07, 6.45) is 5.41. The second-order valence-electron chi connectivity index (χ2n) is 5.23. The maximum atomic E-state index is 11.9. The van der Waals surface area contributed by atoms with Crippen molar-refractivity contribution in [1.82, 2.24) is 4.90 Å². The van der Waals surface area contributed by atoms with Gasteiger partial charge in [-0.2, -0.15) is 0 Å². The summed E-state index contributed by atoms with van der Waals surface area (Å²) in [5.74, 6) is -0.0965. The van der Waals surface area contributed by atoms with E-state index in [0.717, 1.165) is 38.6 Å². The number of nitrogens with two attached hydrogens (primary N) is 1. The molecule has 1 aliphatic carbocycles. The number of hydrogen-bond donors (Lipinski definition) is 1. The van der Waals surface area contributed by atoms with E-state index >= 15 is 0 Å². The lowest BCUT2D eigenvalue weighted by atomic mass is 9.90. The molecule has 1 rings (SSSR count). The van der Waals surface area contributed by atoms with Gasteiger partial charge in [0.1, 0.15) is 6.04 Å². The SMILES string of the molecule is CCCN(C1CCC(N)CC1)C(C)C(=O)OCC. The number of nitrogens with zero attached hydrogens (tertiary/aromatic N) is 1. The smallest absolute Gasteiger partial charge is 0.323 e. The van der Waals surface area contributed by atoms with E-state index in [1.54, 1.807) is 0 Å². The van der Waals surface area contributed by atoms with Crippen LogP contribution in [0, 0.1) is 0 Å². The van der Waals surface area contributed by atoms with Crippen molar-refractivity contribution in [3.8, 4) is 0 Å². The molecule has 0 aliphatic heterocycles. The Morgan fingerprint density at radius 2 is 1.94 bits per heavy atom. The van der Waals surface area contributed by atoms with Crippen molar-refractivity contribution in [2.45, 2.75) is 71.0 Å². The third kappa shape index (κ3) is 4.25. The van der Waals surface area contributed by atoms with E-state index in [2.05, 4.69) is 11.8 Å². The summed E-state index contributed by atoms with van der Waals surface area (Å²) in [7, 11) is 0. The number of rotatable bonds is 6. The maximum Gasteiger partial charge on any atom is 0.323 e. The van der Waals surface area contributed by atoms with Crippen LogP contribution in [0.15, 0.2) is 0 Å². The van der Waals surface area contributed by atoms with Crippen LogP contribution in [-0.2, 0) is 9.53 Å². The first-order valence-corrected chi connectivity index (χ1v) is 7.28. The summed E-state index contributed by atoms with van der Waals surface area (Å²) in [5.41, 5.74) is 5.94. The van der Waals surface area contributed by atoms with Crippen molar-refractivity contribution in [2.24, 2.45) is 5.73 Å². The van der Waals surface area contributed by atoms with Gasteiger partial charge in [-0.15, -0.1) is 0 Å². The molecule has 2 N–H and O–H groups in total. The first-order chi connectivity index (χ1) is 8.60. The zero-order valence-corrected chi connectivity index (χ0v) is 12.0. The molecule has 0 radical (unpaired) electrons. The summed E-state index contributed by atoms with van der Waals surface area (Å²) in [4.78, 5) is 14.2. The summed E-state index contributed by atoms with van der Waals surface area (Å²) >= 11 is 0. The van der Waals surface area contributed by atoms with Crippen LogP contribution in [0.5, 0.6) is 0 Å². The number of carbonyl (C=O) groups is 1. The van der Waals surface area contributed by atoms with E-state index in [9.17, 15) is 4.79 Å². The molecule has 0 bridgehead atoms. The van der Waals surface area contributed by atoms with Crippen LogP contribution in [0.4, 0.5) is 0 Å². The Hall–Kier alpha value is -0.610. The Kier molecular flexibility index (Phi) is 6.65. The lowest BCUT2D eigenvalue weighted by Gasteiger charge is -2.38. The van der Waals surface area contributed by atoms with Gasteiger partial charge in [0.25, 0.3) is 0 Å². The summed E-state index contributed by atoms with van der Waals surface area (Å²) in [5, 5.41) is 0. The first kappa shape index (κ1) is 15.4. The minimum atomic E-state index is -0.135. The molecular weight excluding hydrogens is 228 g/mol. The van der Waals surface area contributed by atoms with Crippen LogP contribution in [0.25, 0.3) is 0 Å². The molecular formula is C14H28N2O2. The predicted octanol–water partition coefficient (Wildman–Crippen LogP) is 1.92. The van der Waals surface area contributed by atoms with Crippen LogP contribution in [-0.4, -0.2) is 42.1 Å². The van der Waals surface area contributed by atoms with Crippen LogP contribution in [0.1, 0.15) is 52.9 Å². The molecule has 1 saturated carbocycles. The predicted molar refractivity (Wildman–Crippen MR) is 73.3 cm³/mol. The highest BCUT2D eigenvalue weighted by molar-refractivity contribution is 5.75. The van der Waals surface area contributed by atoms with E-state index in [1.165, 1.54) is 0 Å². The average Bonchev–Trinajstić information content (AvgIpc) is 2.37. The average molecular weight is 256 g/mol. The molecule has 0 spiro atoms. The van der Waals surface area contributed by atoms with Gasteiger partial charge in [-0.05, 0) is 52.5 Å². The van der Waals surface area contributed by atoms with Gasteiger partial charge < -0.3 is 10.5 Å². The molecule has 1 unspecified atom stereocenters. The van der Waals surface area contributed by atoms with Gasteiger partial charge in [-0.3, -0.25) is 9.69 Å². The zero-order chi connectivity index (χ0) is 13.5. The standard InChI is InChI=1S/C14H28N2O2/c1-4-10-16(11(3)14(17)18-5-2)13-8-6-12(15)7-9-13/h11-13H,4-10,15H2,1-3H3. The highest BCUT2D eigenvalue weighted by atomic mass is 16.5. The fourth-order valence-corrected chi connectivity index (χ4v) is 2.78. The van der Waals surface area contributed by atoms with Gasteiger partial charge in [-0.25, -0.2) is 0 Å². The molecule has 1 fully saturated rings. The highest BCUT2D eigenvalue weighted by Gasteiger charge is 2.30. The molecule has 4 heteroatoms. The third-order valence-corrected chi connectivity index (χ3v) is 3.82. The molecule has 18 heavy (non-hydrogen) atoms. The molecule has 0 aromatic carbocycles. The number of carbonyl (C=O) groups excluding carboxylic acids is 1. The topological polar surface area (TPSA) is 55.6 Å².